The number of carbonyl (C=O) groups is 6. The Kier molecular flexibility index (Phi) is 24.1. The van der Waals surface area contributed by atoms with Crippen molar-refractivity contribution in [1.82, 2.24) is 26.6 Å². The molecule has 0 saturated heterocycles. The largest absolute Gasteiger partial charge is 0.392 e. The molecule has 10 N–H and O–H groups in total. The Morgan fingerprint density at radius 3 is 0.714 bits per heavy atom. The Labute approximate surface area is 335 Å². The third-order valence-electron chi connectivity index (χ3n) is 10.2. The summed E-state index contributed by atoms with van der Waals surface area (Å²) in [5.74, 6) is -2.45. The zero-order chi connectivity index (χ0) is 44.3. The highest BCUT2D eigenvalue weighted by Gasteiger charge is 2.54. The Morgan fingerprint density at radius 1 is 0.429 bits per heavy atom. The molecule has 0 aromatic heterocycles. The third-order valence-corrected chi connectivity index (χ3v) is 10.2. The molecule has 0 rings (SSSR count). The van der Waals surface area contributed by atoms with Crippen LogP contribution in [0.4, 0.5) is 0 Å². The summed E-state index contributed by atoms with van der Waals surface area (Å²) in [4.78, 5) is 78.9. The Morgan fingerprint density at radius 2 is 0.571 bits per heavy atom. The smallest absolute Gasteiger partial charge is 0.226 e. The van der Waals surface area contributed by atoms with Crippen molar-refractivity contribution in [2.75, 3.05) is 32.7 Å². The number of aldehydes is 1. The molecule has 0 bridgehead atoms. The second kappa shape index (κ2) is 24.6. The monoisotopic (exact) mass is 804 g/mol. The molecule has 5 amide bonds. The SMILES string of the molecule is CC=O.CCC(C)(CC(C)(CC(C)(CC(C)(C[C@](C)(CC)C(=O)NCC(C)O)C(=O)NCC(C)O)C(=O)NCC(C)O)C(=O)NCC(C)O)C(=O)NCC(C)O. The minimum absolute atomic E-state index is 0.0141. The topological polar surface area (TPSA) is 264 Å². The minimum Gasteiger partial charge on any atom is -0.392 e. The molecular weight excluding hydrogens is 726 g/mol. The van der Waals surface area contributed by atoms with Crippen molar-refractivity contribution in [2.45, 2.75) is 159 Å². The summed E-state index contributed by atoms with van der Waals surface area (Å²) >= 11 is 0. The van der Waals surface area contributed by atoms with E-state index in [0.717, 1.165) is 6.29 Å². The third kappa shape index (κ3) is 18.8. The Bertz CT molecular complexity index is 1180. The Hall–Kier alpha value is -3.18. The highest BCUT2D eigenvalue weighted by molar-refractivity contribution is 5.90. The molecule has 0 radical (unpaired) electrons. The van der Waals surface area contributed by atoms with Gasteiger partial charge in [-0.2, -0.15) is 0 Å². The predicted molar refractivity (Wildman–Crippen MR) is 215 cm³/mol. The van der Waals surface area contributed by atoms with Crippen LogP contribution in [-0.2, 0) is 28.8 Å². The fraction of sp³-hybridized carbons (Fsp3) is 0.850. The zero-order valence-electron chi connectivity index (χ0n) is 36.4. The summed E-state index contributed by atoms with van der Waals surface area (Å²) < 4.78 is 0. The van der Waals surface area contributed by atoms with Crippen LogP contribution in [0, 0.1) is 27.1 Å². The van der Waals surface area contributed by atoms with Crippen LogP contribution in [0.2, 0.25) is 0 Å². The van der Waals surface area contributed by atoms with Crippen molar-refractivity contribution in [3.63, 3.8) is 0 Å². The molecule has 0 aliphatic heterocycles. The number of amides is 5. The summed E-state index contributed by atoms with van der Waals surface area (Å²) in [6, 6.07) is 0. The van der Waals surface area contributed by atoms with Crippen molar-refractivity contribution in [2.24, 2.45) is 27.1 Å². The van der Waals surface area contributed by atoms with E-state index in [-0.39, 0.29) is 58.4 Å². The van der Waals surface area contributed by atoms with Gasteiger partial charge in [-0.15, -0.1) is 0 Å². The van der Waals surface area contributed by atoms with Gasteiger partial charge in [-0.25, -0.2) is 0 Å². The van der Waals surface area contributed by atoms with E-state index in [4.69, 9.17) is 4.79 Å². The fourth-order valence-electron chi connectivity index (χ4n) is 7.11. The molecule has 0 saturated carbocycles. The molecule has 16 heteroatoms. The quantitative estimate of drug-likeness (QED) is 0.0584. The lowest BCUT2D eigenvalue weighted by molar-refractivity contribution is -0.147. The van der Waals surface area contributed by atoms with Crippen LogP contribution in [0.1, 0.15) is 129 Å². The zero-order valence-corrected chi connectivity index (χ0v) is 36.4. The van der Waals surface area contributed by atoms with E-state index in [0.29, 0.717) is 12.8 Å². The number of hydrogen-bond acceptors (Lipinski definition) is 11. The molecule has 0 aliphatic rings. The minimum atomic E-state index is -1.56. The summed E-state index contributed by atoms with van der Waals surface area (Å²) in [6.07, 6.45) is -3.56. The van der Waals surface area contributed by atoms with Crippen LogP contribution in [-0.4, -0.2) is 125 Å². The number of carbonyl (C=O) groups excluding carboxylic acids is 6. The maximum Gasteiger partial charge on any atom is 0.226 e. The van der Waals surface area contributed by atoms with Gasteiger partial charge in [0.05, 0.1) is 30.5 Å². The van der Waals surface area contributed by atoms with Crippen molar-refractivity contribution in [3.8, 4) is 0 Å². The molecule has 328 valence electrons. The summed E-state index contributed by atoms with van der Waals surface area (Å²) in [7, 11) is 0. The number of rotatable bonds is 25. The van der Waals surface area contributed by atoms with E-state index < -0.39 is 87.1 Å². The molecule has 0 spiro atoms. The van der Waals surface area contributed by atoms with E-state index in [1.807, 2.05) is 0 Å². The van der Waals surface area contributed by atoms with Crippen molar-refractivity contribution in [1.29, 1.82) is 0 Å². The molecule has 0 aromatic carbocycles. The van der Waals surface area contributed by atoms with Crippen LogP contribution in [0.15, 0.2) is 0 Å². The first-order valence-corrected chi connectivity index (χ1v) is 19.8. The molecule has 0 aromatic rings. The van der Waals surface area contributed by atoms with Gasteiger partial charge in [0.1, 0.15) is 6.29 Å². The maximum absolute atomic E-state index is 14.4. The van der Waals surface area contributed by atoms with Gasteiger partial charge in [0, 0.05) is 59.8 Å². The standard InChI is InChI=1S/C38H73N5O10.C2H4O/c1-13-34(8,29(49)39-15-24(3)44)20-36(10,31(51)41-17-26(5)46)22-38(12,33(53)43-19-28(7)48)23-37(11,32(52)42-18-27(6)47)21-35(9,14-2)30(50)40-16-25(4)45;1-2-3/h24-28,44-48H,13-23H2,1-12H3,(H,39,49)(H,40,50)(H,41,51)(H,42,52)(H,43,53);2H,1H3/t24?,25?,26?,27?,28?,34-,35?,36?,37?,38?;/m0./s1. The fourth-order valence-corrected chi connectivity index (χ4v) is 7.11. The summed E-state index contributed by atoms with van der Waals surface area (Å²) in [6.45, 7) is 20.5. The van der Waals surface area contributed by atoms with Crippen molar-refractivity contribution in [3.05, 3.63) is 0 Å². The summed E-state index contributed by atoms with van der Waals surface area (Å²) in [5, 5.41) is 63.7. The normalized spacial score (nSPS) is 19.4. The number of aliphatic hydroxyl groups is 5. The lowest BCUT2D eigenvalue weighted by atomic mass is 9.58. The first-order chi connectivity index (χ1) is 25.6. The predicted octanol–water partition coefficient (Wildman–Crippen LogP) is 1.09. The highest BCUT2D eigenvalue weighted by Crippen LogP contribution is 2.51. The lowest BCUT2D eigenvalue weighted by Gasteiger charge is -2.46. The van der Waals surface area contributed by atoms with Gasteiger partial charge in [-0.1, -0.05) is 48.5 Å². The van der Waals surface area contributed by atoms with E-state index in [1.54, 1.807) is 48.5 Å². The number of hydrogen-bond donors (Lipinski definition) is 10. The maximum atomic E-state index is 14.4. The Balaban J connectivity index is 0. The average Bonchev–Trinajstić information content (AvgIpc) is 3.09. The van der Waals surface area contributed by atoms with Crippen molar-refractivity contribution < 1.29 is 54.3 Å². The average molecular weight is 804 g/mol. The molecule has 9 unspecified atom stereocenters. The number of aliphatic hydroxyl groups excluding tert-OH is 5. The van der Waals surface area contributed by atoms with E-state index >= 15 is 0 Å². The van der Waals surface area contributed by atoms with Crippen LogP contribution in [0.25, 0.3) is 0 Å². The van der Waals surface area contributed by atoms with Gasteiger partial charge in [-0.3, -0.25) is 24.0 Å². The first kappa shape index (κ1) is 54.9. The van der Waals surface area contributed by atoms with E-state index in [2.05, 4.69) is 26.6 Å². The molecule has 0 heterocycles. The van der Waals surface area contributed by atoms with Crippen LogP contribution in [0.3, 0.4) is 0 Å². The van der Waals surface area contributed by atoms with Crippen LogP contribution in [0.5, 0.6) is 0 Å². The van der Waals surface area contributed by atoms with E-state index in [9.17, 15) is 49.5 Å². The molecule has 0 aliphatic carbocycles. The van der Waals surface area contributed by atoms with Gasteiger partial charge in [0.25, 0.3) is 0 Å². The van der Waals surface area contributed by atoms with Crippen LogP contribution >= 0.6 is 0 Å². The number of nitrogens with one attached hydrogen (secondary N) is 5. The highest BCUT2D eigenvalue weighted by atomic mass is 16.3. The second-order valence-electron chi connectivity index (χ2n) is 17.2. The van der Waals surface area contributed by atoms with E-state index in [1.165, 1.54) is 41.5 Å². The lowest BCUT2D eigenvalue weighted by Crippen LogP contribution is -2.55. The van der Waals surface area contributed by atoms with Gasteiger partial charge < -0.3 is 56.9 Å². The van der Waals surface area contributed by atoms with Gasteiger partial charge >= 0.3 is 0 Å². The van der Waals surface area contributed by atoms with Crippen molar-refractivity contribution >= 4 is 35.8 Å². The second-order valence-corrected chi connectivity index (χ2v) is 17.2. The van der Waals surface area contributed by atoms with Gasteiger partial charge in [-0.05, 0) is 80.1 Å². The van der Waals surface area contributed by atoms with Gasteiger partial charge in [0.2, 0.25) is 29.5 Å². The summed E-state index contributed by atoms with van der Waals surface area (Å²) in [5.41, 5.74) is -6.83. The first-order valence-electron chi connectivity index (χ1n) is 19.8. The van der Waals surface area contributed by atoms with Crippen LogP contribution < -0.4 is 26.6 Å². The molecular formula is C40H77N5O11. The van der Waals surface area contributed by atoms with Gasteiger partial charge in [0.15, 0.2) is 0 Å². The molecule has 0 fully saturated rings. The molecule has 56 heavy (non-hydrogen) atoms. The molecule has 10 atom stereocenters. The molecule has 16 nitrogen and oxygen atoms in total.